The van der Waals surface area contributed by atoms with E-state index in [1.165, 1.54) is 4.88 Å². The monoisotopic (exact) mass is 294 g/mol. The van der Waals surface area contributed by atoms with Gasteiger partial charge in [-0.2, -0.15) is 0 Å². The Morgan fingerprint density at radius 3 is 3.16 bits per heavy atom. The number of nitrogens with zero attached hydrogens (tertiary/aromatic N) is 2. The summed E-state index contributed by atoms with van der Waals surface area (Å²) in [6.45, 7) is 2.80. The van der Waals surface area contributed by atoms with E-state index < -0.39 is 12.0 Å². The van der Waals surface area contributed by atoms with Gasteiger partial charge in [-0.3, -0.25) is 9.69 Å². The Bertz CT molecular complexity index is 579. The number of thiazole rings is 1. The summed E-state index contributed by atoms with van der Waals surface area (Å²) in [4.78, 5) is 19.2. The van der Waals surface area contributed by atoms with Crippen LogP contribution in [0.25, 0.3) is 0 Å². The van der Waals surface area contributed by atoms with Crippen LogP contribution >= 0.6 is 22.7 Å². The lowest BCUT2D eigenvalue weighted by atomic mass is 9.97. The van der Waals surface area contributed by atoms with Crippen molar-refractivity contribution >= 4 is 28.6 Å². The van der Waals surface area contributed by atoms with Gasteiger partial charge in [0.05, 0.1) is 17.2 Å². The van der Waals surface area contributed by atoms with Crippen molar-refractivity contribution in [3.05, 3.63) is 38.5 Å². The van der Waals surface area contributed by atoms with Crippen LogP contribution in [0.15, 0.2) is 22.3 Å². The van der Waals surface area contributed by atoms with Gasteiger partial charge in [0.15, 0.2) is 0 Å². The van der Waals surface area contributed by atoms with Crippen LogP contribution in [-0.4, -0.2) is 27.5 Å². The van der Waals surface area contributed by atoms with Crippen LogP contribution in [0, 0.1) is 0 Å². The van der Waals surface area contributed by atoms with Crippen LogP contribution in [0.3, 0.4) is 0 Å². The second kappa shape index (κ2) is 5.03. The molecule has 0 radical (unpaired) electrons. The molecule has 2 aromatic heterocycles. The molecule has 6 heteroatoms. The molecule has 1 aliphatic heterocycles. The highest BCUT2D eigenvalue weighted by molar-refractivity contribution is 7.10. The van der Waals surface area contributed by atoms with Crippen LogP contribution in [0.2, 0.25) is 0 Å². The summed E-state index contributed by atoms with van der Waals surface area (Å²) >= 11 is 3.20. The minimum Gasteiger partial charge on any atom is -0.480 e. The molecule has 2 unspecified atom stereocenters. The number of thiophene rings is 1. The zero-order valence-corrected chi connectivity index (χ0v) is 12.1. The molecule has 19 heavy (non-hydrogen) atoms. The number of rotatable bonds is 3. The Kier molecular flexibility index (Phi) is 3.38. The SMILES string of the molecule is CC(c1cscn1)N1CCc2sccc2C1C(=O)O. The lowest BCUT2D eigenvalue weighted by Gasteiger charge is -2.36. The van der Waals surface area contributed by atoms with E-state index in [1.54, 1.807) is 28.2 Å². The minimum atomic E-state index is -0.776. The molecule has 3 rings (SSSR count). The summed E-state index contributed by atoms with van der Waals surface area (Å²) in [6, 6.07) is 1.42. The number of carboxylic acid groups (broad SMARTS) is 1. The molecule has 0 saturated heterocycles. The van der Waals surface area contributed by atoms with Crippen molar-refractivity contribution in [2.45, 2.75) is 25.4 Å². The Morgan fingerprint density at radius 1 is 1.63 bits per heavy atom. The van der Waals surface area contributed by atoms with Crippen molar-refractivity contribution in [3.8, 4) is 0 Å². The predicted molar refractivity (Wildman–Crippen MR) is 75.6 cm³/mol. The number of aromatic nitrogens is 1. The molecule has 0 spiro atoms. The lowest BCUT2D eigenvalue weighted by Crippen LogP contribution is -2.40. The number of fused-ring (bicyclic) bond motifs is 1. The first kappa shape index (κ1) is 12.8. The van der Waals surface area contributed by atoms with E-state index in [-0.39, 0.29) is 6.04 Å². The largest absolute Gasteiger partial charge is 0.480 e. The molecular weight excluding hydrogens is 280 g/mol. The summed E-state index contributed by atoms with van der Waals surface area (Å²) < 4.78 is 0. The second-order valence-corrected chi connectivity index (χ2v) is 6.34. The van der Waals surface area contributed by atoms with Gasteiger partial charge >= 0.3 is 5.97 Å². The predicted octanol–water partition coefficient (Wildman–Crippen LogP) is 2.95. The molecule has 2 atom stereocenters. The number of aliphatic carboxylic acids is 1. The fourth-order valence-electron chi connectivity index (χ4n) is 2.63. The highest BCUT2D eigenvalue weighted by Gasteiger charge is 2.37. The molecule has 0 aliphatic carbocycles. The number of carbonyl (C=O) groups is 1. The summed E-state index contributed by atoms with van der Waals surface area (Å²) in [7, 11) is 0. The van der Waals surface area contributed by atoms with Crippen molar-refractivity contribution in [1.82, 2.24) is 9.88 Å². The Balaban J connectivity index is 1.96. The van der Waals surface area contributed by atoms with Gasteiger partial charge in [0.2, 0.25) is 0 Å². The van der Waals surface area contributed by atoms with Crippen LogP contribution in [-0.2, 0) is 11.2 Å². The van der Waals surface area contributed by atoms with Crippen molar-refractivity contribution in [3.63, 3.8) is 0 Å². The third-order valence-corrected chi connectivity index (χ3v) is 5.22. The lowest BCUT2D eigenvalue weighted by molar-refractivity contribution is -0.145. The van der Waals surface area contributed by atoms with Crippen LogP contribution in [0.5, 0.6) is 0 Å². The molecule has 100 valence electrons. The normalized spacial score (nSPS) is 21.0. The molecule has 4 nitrogen and oxygen atoms in total. The molecule has 0 saturated carbocycles. The third kappa shape index (κ3) is 2.20. The van der Waals surface area contributed by atoms with E-state index in [2.05, 4.69) is 4.98 Å². The van der Waals surface area contributed by atoms with Crippen LogP contribution in [0.4, 0.5) is 0 Å². The Hall–Kier alpha value is -1.24. The zero-order chi connectivity index (χ0) is 13.4. The maximum atomic E-state index is 11.6. The van der Waals surface area contributed by atoms with Gasteiger partial charge in [0.1, 0.15) is 6.04 Å². The van der Waals surface area contributed by atoms with Gasteiger partial charge in [-0.25, -0.2) is 4.98 Å². The Labute approximate surface area is 119 Å². The van der Waals surface area contributed by atoms with Crippen molar-refractivity contribution in [2.75, 3.05) is 6.54 Å². The summed E-state index contributed by atoms with van der Waals surface area (Å²) in [6.07, 6.45) is 0.922. The van der Waals surface area contributed by atoms with Gasteiger partial charge in [-0.15, -0.1) is 22.7 Å². The Morgan fingerprint density at radius 2 is 2.47 bits per heavy atom. The van der Waals surface area contributed by atoms with Gasteiger partial charge in [-0.1, -0.05) is 0 Å². The van der Waals surface area contributed by atoms with Crippen molar-refractivity contribution < 1.29 is 9.90 Å². The molecule has 3 heterocycles. The van der Waals surface area contributed by atoms with Crippen molar-refractivity contribution in [2.24, 2.45) is 0 Å². The first-order valence-electron chi connectivity index (χ1n) is 6.11. The fourth-order valence-corrected chi connectivity index (χ4v) is 4.17. The number of carboxylic acids is 1. The van der Waals surface area contributed by atoms with E-state index in [0.29, 0.717) is 0 Å². The average molecular weight is 294 g/mol. The van der Waals surface area contributed by atoms with Crippen LogP contribution < -0.4 is 0 Å². The van der Waals surface area contributed by atoms with E-state index in [1.807, 2.05) is 28.7 Å². The molecule has 1 N–H and O–H groups in total. The smallest absolute Gasteiger partial charge is 0.325 e. The number of hydrogen-bond donors (Lipinski definition) is 1. The molecule has 0 fully saturated rings. The first-order chi connectivity index (χ1) is 9.18. The highest BCUT2D eigenvalue weighted by atomic mass is 32.1. The maximum Gasteiger partial charge on any atom is 0.325 e. The zero-order valence-electron chi connectivity index (χ0n) is 10.4. The molecule has 0 amide bonds. The summed E-state index contributed by atoms with van der Waals surface area (Å²) in [5, 5.41) is 13.5. The van der Waals surface area contributed by atoms with Crippen LogP contribution in [0.1, 0.15) is 35.1 Å². The van der Waals surface area contributed by atoms with E-state index >= 15 is 0 Å². The second-order valence-electron chi connectivity index (χ2n) is 4.62. The maximum absolute atomic E-state index is 11.6. The summed E-state index contributed by atoms with van der Waals surface area (Å²) in [5.41, 5.74) is 3.70. The van der Waals surface area contributed by atoms with Gasteiger partial charge in [-0.05, 0) is 30.4 Å². The average Bonchev–Trinajstić information content (AvgIpc) is 3.06. The highest BCUT2D eigenvalue weighted by Crippen LogP contribution is 2.38. The van der Waals surface area contributed by atoms with E-state index in [4.69, 9.17) is 0 Å². The molecule has 0 aromatic carbocycles. The molecular formula is C13H14N2O2S2. The number of hydrogen-bond acceptors (Lipinski definition) is 5. The standard InChI is InChI=1S/C13H14N2O2S2/c1-8(10-6-18-7-14-10)15-4-2-11-9(3-5-19-11)12(15)13(16)17/h3,5-8,12H,2,4H2,1H3,(H,16,17). The van der Waals surface area contributed by atoms with E-state index in [0.717, 1.165) is 24.2 Å². The molecule has 2 aromatic rings. The van der Waals surface area contributed by atoms with Crippen molar-refractivity contribution in [1.29, 1.82) is 0 Å². The van der Waals surface area contributed by atoms with E-state index in [9.17, 15) is 9.90 Å². The summed E-state index contributed by atoms with van der Waals surface area (Å²) in [5.74, 6) is -0.776. The minimum absolute atomic E-state index is 0.0281. The third-order valence-electron chi connectivity index (χ3n) is 3.61. The topological polar surface area (TPSA) is 53.4 Å². The molecule has 0 bridgehead atoms. The quantitative estimate of drug-likeness (QED) is 0.945. The first-order valence-corrected chi connectivity index (χ1v) is 7.93. The van der Waals surface area contributed by atoms with Gasteiger partial charge in [0.25, 0.3) is 0 Å². The fraction of sp³-hybridized carbons (Fsp3) is 0.385. The molecule has 1 aliphatic rings. The van der Waals surface area contributed by atoms with Gasteiger partial charge in [0, 0.05) is 16.8 Å². The van der Waals surface area contributed by atoms with Gasteiger partial charge < -0.3 is 5.11 Å².